The molecule has 0 bridgehead atoms. The number of anilines is 1. The second kappa shape index (κ2) is 12.2. The minimum atomic E-state index is -0.235. The number of nitrogens with one attached hydrogen (secondary N) is 1. The van der Waals surface area contributed by atoms with Crippen molar-refractivity contribution in [3.63, 3.8) is 0 Å². The van der Waals surface area contributed by atoms with Crippen LogP contribution in [0.4, 0.5) is 10.5 Å². The molecule has 0 atom stereocenters. The zero-order valence-electron chi connectivity index (χ0n) is 19.7. The Morgan fingerprint density at radius 1 is 0.909 bits per heavy atom. The van der Waals surface area contributed by atoms with Gasteiger partial charge in [-0.15, -0.1) is 11.3 Å². The summed E-state index contributed by atoms with van der Waals surface area (Å²) in [5, 5.41) is 5.04. The topological polar surface area (TPSA) is 52.7 Å². The number of carbonyl (C=O) groups excluding carboxylic acids is 2. The Labute approximate surface area is 201 Å². The largest absolute Gasteiger partial charge is 0.332 e. The molecular formula is C27H33N3O2S. The average molecular weight is 464 g/mol. The van der Waals surface area contributed by atoms with Gasteiger partial charge in [0.05, 0.1) is 6.54 Å². The highest BCUT2D eigenvalue weighted by molar-refractivity contribution is 7.09. The molecule has 0 fully saturated rings. The lowest BCUT2D eigenvalue weighted by Crippen LogP contribution is -2.44. The predicted molar refractivity (Wildman–Crippen MR) is 136 cm³/mol. The summed E-state index contributed by atoms with van der Waals surface area (Å²) in [4.78, 5) is 31.2. The van der Waals surface area contributed by atoms with E-state index in [1.807, 2.05) is 84.8 Å². The summed E-state index contributed by atoms with van der Waals surface area (Å²) in [7, 11) is 0. The van der Waals surface area contributed by atoms with E-state index in [1.54, 1.807) is 16.2 Å². The maximum absolute atomic E-state index is 13.4. The van der Waals surface area contributed by atoms with E-state index >= 15 is 0 Å². The van der Waals surface area contributed by atoms with Crippen LogP contribution in [0.2, 0.25) is 0 Å². The lowest BCUT2D eigenvalue weighted by molar-refractivity contribution is -0.133. The van der Waals surface area contributed by atoms with Crippen LogP contribution in [0, 0.1) is 13.8 Å². The molecule has 0 unspecified atom stereocenters. The third-order valence-electron chi connectivity index (χ3n) is 5.74. The molecule has 0 aliphatic rings. The van der Waals surface area contributed by atoms with Gasteiger partial charge in [0.2, 0.25) is 5.91 Å². The van der Waals surface area contributed by atoms with Gasteiger partial charge in [-0.1, -0.05) is 61.9 Å². The Morgan fingerprint density at radius 3 is 2.39 bits per heavy atom. The van der Waals surface area contributed by atoms with Gasteiger partial charge in [0.15, 0.2) is 0 Å². The molecule has 0 aliphatic carbocycles. The molecule has 0 radical (unpaired) electrons. The number of nitrogens with zero attached hydrogens (tertiary/aromatic N) is 2. The van der Waals surface area contributed by atoms with Gasteiger partial charge in [-0.3, -0.25) is 4.79 Å². The summed E-state index contributed by atoms with van der Waals surface area (Å²) in [6, 6.07) is 19.6. The number of benzene rings is 2. The SMILES string of the molecule is CCCCN(CC(=O)N(Cc1ccccc1)Cc1cccs1)C(=O)Nc1cccc(C)c1C. The standard InChI is InChI=1S/C27H33N3O2S/c1-4-5-16-29(27(32)28-25-15-9-11-21(2)22(25)3)20-26(31)30(19-24-14-10-17-33-24)18-23-12-7-6-8-13-23/h6-15,17H,4-5,16,18-20H2,1-3H3,(H,28,32). The van der Waals surface area contributed by atoms with Crippen LogP contribution < -0.4 is 5.32 Å². The molecule has 0 saturated heterocycles. The Bertz CT molecular complexity index is 1030. The van der Waals surface area contributed by atoms with E-state index in [0.717, 1.165) is 40.1 Å². The summed E-state index contributed by atoms with van der Waals surface area (Å²) < 4.78 is 0. The fourth-order valence-electron chi connectivity index (χ4n) is 3.57. The normalized spacial score (nSPS) is 10.6. The second-order valence-electron chi connectivity index (χ2n) is 8.27. The predicted octanol–water partition coefficient (Wildman–Crippen LogP) is 6.23. The lowest BCUT2D eigenvalue weighted by atomic mass is 10.1. The molecule has 2 aromatic carbocycles. The highest BCUT2D eigenvalue weighted by Gasteiger charge is 2.22. The van der Waals surface area contributed by atoms with Crippen molar-refractivity contribution in [1.82, 2.24) is 9.80 Å². The maximum atomic E-state index is 13.4. The first kappa shape index (κ1) is 24.5. The van der Waals surface area contributed by atoms with Crippen LogP contribution in [-0.4, -0.2) is 34.8 Å². The summed E-state index contributed by atoms with van der Waals surface area (Å²) >= 11 is 1.64. The van der Waals surface area contributed by atoms with Crippen LogP contribution in [0.25, 0.3) is 0 Å². The van der Waals surface area contributed by atoms with Gasteiger partial charge in [0, 0.05) is 23.7 Å². The number of hydrogen-bond acceptors (Lipinski definition) is 3. The number of thiophene rings is 1. The van der Waals surface area contributed by atoms with Crippen molar-refractivity contribution in [1.29, 1.82) is 0 Å². The first-order valence-corrected chi connectivity index (χ1v) is 12.3. The number of carbonyl (C=O) groups is 2. The highest BCUT2D eigenvalue weighted by atomic mass is 32.1. The number of aryl methyl sites for hydroxylation is 1. The van der Waals surface area contributed by atoms with Crippen LogP contribution in [0.15, 0.2) is 66.0 Å². The summed E-state index contributed by atoms with van der Waals surface area (Å²) in [6.07, 6.45) is 1.79. The fourth-order valence-corrected chi connectivity index (χ4v) is 4.29. The number of urea groups is 1. The number of amides is 3. The molecule has 3 aromatic rings. The van der Waals surface area contributed by atoms with Gasteiger partial charge in [-0.2, -0.15) is 0 Å². The molecule has 1 aromatic heterocycles. The quantitative estimate of drug-likeness (QED) is 0.388. The van der Waals surface area contributed by atoms with E-state index in [1.165, 1.54) is 0 Å². The van der Waals surface area contributed by atoms with Gasteiger partial charge >= 0.3 is 6.03 Å². The average Bonchev–Trinajstić information content (AvgIpc) is 3.33. The fraction of sp³-hybridized carbons (Fsp3) is 0.333. The van der Waals surface area contributed by atoms with Gasteiger partial charge < -0.3 is 15.1 Å². The van der Waals surface area contributed by atoms with Gasteiger partial charge in [-0.25, -0.2) is 4.79 Å². The molecule has 0 saturated carbocycles. The Kier molecular flexibility index (Phi) is 9.07. The first-order valence-electron chi connectivity index (χ1n) is 11.4. The molecule has 3 amide bonds. The molecule has 1 heterocycles. The molecule has 3 rings (SSSR count). The molecule has 1 N–H and O–H groups in total. The smallest absolute Gasteiger partial charge is 0.322 e. The Morgan fingerprint density at radius 2 is 1.70 bits per heavy atom. The van der Waals surface area contributed by atoms with Crippen molar-refractivity contribution in [2.24, 2.45) is 0 Å². The highest BCUT2D eigenvalue weighted by Crippen LogP contribution is 2.19. The summed E-state index contributed by atoms with van der Waals surface area (Å²) in [6.45, 7) is 7.74. The van der Waals surface area contributed by atoms with Crippen molar-refractivity contribution in [3.05, 3.63) is 87.6 Å². The minimum absolute atomic E-state index is 0.0505. The number of hydrogen-bond donors (Lipinski definition) is 1. The first-order chi connectivity index (χ1) is 16.0. The molecule has 174 valence electrons. The monoisotopic (exact) mass is 463 g/mol. The van der Waals surface area contributed by atoms with E-state index < -0.39 is 0 Å². The van der Waals surface area contributed by atoms with Crippen LogP contribution in [-0.2, 0) is 17.9 Å². The second-order valence-corrected chi connectivity index (χ2v) is 9.30. The van der Waals surface area contributed by atoms with Crippen molar-refractivity contribution in [2.75, 3.05) is 18.4 Å². The van der Waals surface area contributed by atoms with Crippen molar-refractivity contribution in [3.8, 4) is 0 Å². The number of unbranched alkanes of at least 4 members (excludes halogenated alkanes) is 1. The molecule has 5 nitrogen and oxygen atoms in total. The molecule has 0 aliphatic heterocycles. The van der Waals surface area contributed by atoms with E-state index in [4.69, 9.17) is 0 Å². The summed E-state index contributed by atoms with van der Waals surface area (Å²) in [5.41, 5.74) is 4.01. The zero-order chi connectivity index (χ0) is 23.6. The number of rotatable bonds is 10. The zero-order valence-corrected chi connectivity index (χ0v) is 20.5. The van der Waals surface area contributed by atoms with Crippen molar-refractivity contribution >= 4 is 29.0 Å². The minimum Gasteiger partial charge on any atom is -0.332 e. The van der Waals surface area contributed by atoms with Crippen LogP contribution >= 0.6 is 11.3 Å². The van der Waals surface area contributed by atoms with Gasteiger partial charge in [0.25, 0.3) is 0 Å². The third kappa shape index (κ3) is 7.19. The Balaban J connectivity index is 1.75. The third-order valence-corrected chi connectivity index (χ3v) is 6.60. The van der Waals surface area contributed by atoms with Crippen molar-refractivity contribution in [2.45, 2.75) is 46.7 Å². The van der Waals surface area contributed by atoms with Gasteiger partial charge in [-0.05, 0) is 54.5 Å². The molecule has 0 spiro atoms. The van der Waals surface area contributed by atoms with E-state index in [9.17, 15) is 9.59 Å². The van der Waals surface area contributed by atoms with Crippen LogP contribution in [0.3, 0.4) is 0 Å². The van der Waals surface area contributed by atoms with Gasteiger partial charge in [0.1, 0.15) is 6.54 Å². The van der Waals surface area contributed by atoms with E-state index in [0.29, 0.717) is 19.6 Å². The van der Waals surface area contributed by atoms with Crippen LogP contribution in [0.1, 0.15) is 41.3 Å². The maximum Gasteiger partial charge on any atom is 0.322 e. The molecule has 33 heavy (non-hydrogen) atoms. The molecular weight excluding hydrogens is 430 g/mol. The van der Waals surface area contributed by atoms with E-state index in [-0.39, 0.29) is 18.5 Å². The van der Waals surface area contributed by atoms with Crippen molar-refractivity contribution < 1.29 is 9.59 Å². The van der Waals surface area contributed by atoms with E-state index in [2.05, 4.69) is 12.2 Å². The lowest BCUT2D eigenvalue weighted by Gasteiger charge is -2.28. The summed E-state index contributed by atoms with van der Waals surface area (Å²) in [5.74, 6) is -0.0560. The molecule has 6 heteroatoms. The van der Waals surface area contributed by atoms with Crippen LogP contribution in [0.5, 0.6) is 0 Å². The Hall–Kier alpha value is -3.12.